The summed E-state index contributed by atoms with van der Waals surface area (Å²) in [6.45, 7) is 1.57. The molecular formula is C11H19NO4. The molecule has 0 aromatic heterocycles. The van der Waals surface area contributed by atoms with E-state index in [0.717, 1.165) is 32.2 Å². The SMILES string of the molecule is O=C(O)C1CN(C2CCCCC2O)CCO1. The lowest BCUT2D eigenvalue weighted by Gasteiger charge is -2.41. The van der Waals surface area contributed by atoms with E-state index >= 15 is 0 Å². The fourth-order valence-corrected chi connectivity index (χ4v) is 2.64. The molecule has 0 aromatic rings. The molecule has 2 N–H and O–H groups in total. The minimum atomic E-state index is -0.907. The van der Waals surface area contributed by atoms with Crippen molar-refractivity contribution in [3.05, 3.63) is 0 Å². The smallest absolute Gasteiger partial charge is 0.334 e. The van der Waals surface area contributed by atoms with E-state index < -0.39 is 12.1 Å². The van der Waals surface area contributed by atoms with Crippen molar-refractivity contribution in [2.24, 2.45) is 0 Å². The van der Waals surface area contributed by atoms with Gasteiger partial charge in [0.1, 0.15) is 0 Å². The number of nitrogens with zero attached hydrogens (tertiary/aromatic N) is 1. The third-order valence-electron chi connectivity index (χ3n) is 3.54. The van der Waals surface area contributed by atoms with Crippen molar-refractivity contribution >= 4 is 5.97 Å². The standard InChI is InChI=1S/C11H19NO4/c13-9-4-2-1-3-8(9)12-5-6-16-10(7-12)11(14)15/h8-10,13H,1-7H2,(H,14,15). The fourth-order valence-electron chi connectivity index (χ4n) is 2.64. The molecule has 2 rings (SSSR count). The first-order chi connectivity index (χ1) is 7.68. The highest BCUT2D eigenvalue weighted by molar-refractivity contribution is 5.72. The summed E-state index contributed by atoms with van der Waals surface area (Å²) in [7, 11) is 0. The summed E-state index contributed by atoms with van der Waals surface area (Å²) in [4.78, 5) is 12.9. The Kier molecular flexibility index (Phi) is 3.78. The largest absolute Gasteiger partial charge is 0.479 e. The van der Waals surface area contributed by atoms with E-state index in [4.69, 9.17) is 9.84 Å². The molecule has 5 nitrogen and oxygen atoms in total. The lowest BCUT2D eigenvalue weighted by atomic mass is 9.91. The van der Waals surface area contributed by atoms with E-state index in [1.54, 1.807) is 0 Å². The molecule has 16 heavy (non-hydrogen) atoms. The lowest BCUT2D eigenvalue weighted by Crippen LogP contribution is -2.54. The number of aliphatic hydroxyl groups excluding tert-OH is 1. The summed E-state index contributed by atoms with van der Waals surface area (Å²) >= 11 is 0. The lowest BCUT2D eigenvalue weighted by molar-refractivity contribution is -0.159. The van der Waals surface area contributed by atoms with Crippen molar-refractivity contribution < 1.29 is 19.7 Å². The predicted octanol–water partition coefficient (Wildman–Crippen LogP) is 0.0753. The molecule has 1 heterocycles. The van der Waals surface area contributed by atoms with Gasteiger partial charge in [-0.05, 0) is 12.8 Å². The molecule has 0 aromatic carbocycles. The Morgan fingerprint density at radius 3 is 2.75 bits per heavy atom. The average molecular weight is 229 g/mol. The van der Waals surface area contributed by atoms with E-state index in [1.807, 2.05) is 0 Å². The molecule has 92 valence electrons. The zero-order valence-corrected chi connectivity index (χ0v) is 9.34. The molecule has 5 heteroatoms. The molecule has 2 fully saturated rings. The van der Waals surface area contributed by atoms with E-state index in [9.17, 15) is 9.90 Å². The Balaban J connectivity index is 1.95. The zero-order valence-electron chi connectivity index (χ0n) is 9.34. The first-order valence-electron chi connectivity index (χ1n) is 5.95. The molecule has 0 amide bonds. The molecule has 0 spiro atoms. The molecule has 1 saturated heterocycles. The second-order valence-corrected chi connectivity index (χ2v) is 4.61. The third-order valence-corrected chi connectivity index (χ3v) is 3.54. The van der Waals surface area contributed by atoms with Gasteiger partial charge >= 0.3 is 5.97 Å². The van der Waals surface area contributed by atoms with E-state index in [2.05, 4.69) is 4.90 Å². The van der Waals surface area contributed by atoms with Gasteiger partial charge in [-0.3, -0.25) is 4.90 Å². The maximum atomic E-state index is 10.9. The molecule has 1 aliphatic heterocycles. The molecule has 0 bridgehead atoms. The van der Waals surface area contributed by atoms with Gasteiger partial charge in [0.2, 0.25) is 0 Å². The van der Waals surface area contributed by atoms with Crippen LogP contribution >= 0.6 is 0 Å². The second kappa shape index (κ2) is 5.12. The number of hydrogen-bond donors (Lipinski definition) is 2. The summed E-state index contributed by atoms with van der Waals surface area (Å²) in [6, 6.07) is 0.125. The summed E-state index contributed by atoms with van der Waals surface area (Å²) in [5.74, 6) is -0.907. The van der Waals surface area contributed by atoms with E-state index in [0.29, 0.717) is 13.2 Å². The van der Waals surface area contributed by atoms with Crippen LogP contribution in [0.15, 0.2) is 0 Å². The minimum absolute atomic E-state index is 0.125. The van der Waals surface area contributed by atoms with Gasteiger partial charge in [0.25, 0.3) is 0 Å². The van der Waals surface area contributed by atoms with Gasteiger partial charge in [-0.25, -0.2) is 4.79 Å². The van der Waals surface area contributed by atoms with Crippen LogP contribution in [-0.4, -0.2) is 59.0 Å². The monoisotopic (exact) mass is 229 g/mol. The number of morpholine rings is 1. The van der Waals surface area contributed by atoms with Crippen molar-refractivity contribution in [3.63, 3.8) is 0 Å². The minimum Gasteiger partial charge on any atom is -0.479 e. The first-order valence-corrected chi connectivity index (χ1v) is 5.95. The summed E-state index contributed by atoms with van der Waals surface area (Å²) < 4.78 is 5.17. The molecule has 1 aliphatic carbocycles. The highest BCUT2D eigenvalue weighted by Gasteiger charge is 2.34. The normalized spacial score (nSPS) is 37.2. The number of ether oxygens (including phenoxy) is 1. The van der Waals surface area contributed by atoms with E-state index in [1.165, 1.54) is 0 Å². The van der Waals surface area contributed by atoms with Gasteiger partial charge in [0.15, 0.2) is 6.10 Å². The van der Waals surface area contributed by atoms with Crippen LogP contribution in [0.4, 0.5) is 0 Å². The number of hydrogen-bond acceptors (Lipinski definition) is 4. The van der Waals surface area contributed by atoms with Gasteiger partial charge in [-0.15, -0.1) is 0 Å². The van der Waals surface area contributed by atoms with Gasteiger partial charge in [-0.2, -0.15) is 0 Å². The average Bonchev–Trinajstić information content (AvgIpc) is 2.30. The van der Waals surface area contributed by atoms with E-state index in [-0.39, 0.29) is 12.1 Å². The number of rotatable bonds is 2. The van der Waals surface area contributed by atoms with Crippen LogP contribution in [0.3, 0.4) is 0 Å². The number of aliphatic hydroxyl groups is 1. The van der Waals surface area contributed by atoms with Crippen LogP contribution in [0.1, 0.15) is 25.7 Å². The Morgan fingerprint density at radius 1 is 1.31 bits per heavy atom. The van der Waals surface area contributed by atoms with Crippen LogP contribution in [0.5, 0.6) is 0 Å². The van der Waals surface area contributed by atoms with Crippen LogP contribution in [-0.2, 0) is 9.53 Å². The zero-order chi connectivity index (χ0) is 11.5. The van der Waals surface area contributed by atoms with Crippen molar-refractivity contribution in [2.45, 2.75) is 43.9 Å². The second-order valence-electron chi connectivity index (χ2n) is 4.61. The highest BCUT2D eigenvalue weighted by Crippen LogP contribution is 2.24. The molecule has 1 saturated carbocycles. The molecule has 2 aliphatic rings. The van der Waals surface area contributed by atoms with Crippen molar-refractivity contribution in [1.82, 2.24) is 4.90 Å². The van der Waals surface area contributed by atoms with Gasteiger partial charge in [-0.1, -0.05) is 12.8 Å². The topological polar surface area (TPSA) is 70.0 Å². The Labute approximate surface area is 95.0 Å². The quantitative estimate of drug-likeness (QED) is 0.701. The third kappa shape index (κ3) is 2.53. The summed E-state index contributed by atoms with van der Waals surface area (Å²) in [6.07, 6.45) is 2.96. The van der Waals surface area contributed by atoms with Crippen LogP contribution < -0.4 is 0 Å². The fraction of sp³-hybridized carbons (Fsp3) is 0.909. The van der Waals surface area contributed by atoms with Crippen molar-refractivity contribution in [3.8, 4) is 0 Å². The molecule has 3 atom stereocenters. The van der Waals surface area contributed by atoms with Crippen LogP contribution in [0.25, 0.3) is 0 Å². The Morgan fingerprint density at radius 2 is 2.06 bits per heavy atom. The summed E-state index contributed by atoms with van der Waals surface area (Å²) in [5, 5.41) is 18.8. The Bertz CT molecular complexity index is 258. The molecule has 3 unspecified atom stereocenters. The number of carboxylic acid groups (broad SMARTS) is 1. The van der Waals surface area contributed by atoms with Crippen molar-refractivity contribution in [2.75, 3.05) is 19.7 Å². The first kappa shape index (κ1) is 11.8. The highest BCUT2D eigenvalue weighted by atomic mass is 16.5. The van der Waals surface area contributed by atoms with Gasteiger partial charge in [0, 0.05) is 19.1 Å². The maximum absolute atomic E-state index is 10.9. The molecular weight excluding hydrogens is 210 g/mol. The summed E-state index contributed by atoms with van der Waals surface area (Å²) in [5.41, 5.74) is 0. The van der Waals surface area contributed by atoms with Crippen molar-refractivity contribution in [1.29, 1.82) is 0 Å². The predicted molar refractivity (Wildman–Crippen MR) is 57.2 cm³/mol. The Hall–Kier alpha value is -0.650. The number of carboxylic acids is 1. The number of aliphatic carboxylic acids is 1. The van der Waals surface area contributed by atoms with Gasteiger partial charge < -0.3 is 14.9 Å². The van der Waals surface area contributed by atoms with Crippen LogP contribution in [0.2, 0.25) is 0 Å². The molecule has 0 radical (unpaired) electrons. The van der Waals surface area contributed by atoms with Crippen LogP contribution in [0, 0.1) is 0 Å². The van der Waals surface area contributed by atoms with Gasteiger partial charge in [0.05, 0.1) is 12.7 Å². The maximum Gasteiger partial charge on any atom is 0.334 e. The number of carbonyl (C=O) groups is 1.